The summed E-state index contributed by atoms with van der Waals surface area (Å²) in [4.78, 5) is 16.6. The first-order chi connectivity index (χ1) is 11.2. The standard InChI is InChI=1S/C18H31N5O/c1-12(2)21-8-9-22(17(21)24)14-7-6-13(10-14)15-11-16(19)23(20-15)18(3,4)5/h11-14H,6-10,19H2,1-5H3/t13-,14+/m0/s1. The Morgan fingerprint density at radius 1 is 1.25 bits per heavy atom. The summed E-state index contributed by atoms with van der Waals surface area (Å²) in [6, 6.07) is 2.84. The van der Waals surface area contributed by atoms with Crippen LogP contribution in [0.15, 0.2) is 6.07 Å². The molecule has 1 saturated heterocycles. The molecule has 0 unspecified atom stereocenters. The molecule has 0 radical (unpaired) electrons. The second-order valence-corrected chi connectivity index (χ2v) is 8.50. The Labute approximate surface area is 145 Å². The lowest BCUT2D eigenvalue weighted by molar-refractivity contribution is 0.170. The summed E-state index contributed by atoms with van der Waals surface area (Å²) in [5, 5.41) is 4.76. The second-order valence-electron chi connectivity index (χ2n) is 8.50. The van der Waals surface area contributed by atoms with Crippen LogP contribution in [0.5, 0.6) is 0 Å². The maximum atomic E-state index is 12.6. The Kier molecular flexibility index (Phi) is 4.26. The van der Waals surface area contributed by atoms with Crippen molar-refractivity contribution in [3.63, 3.8) is 0 Å². The van der Waals surface area contributed by atoms with E-state index in [1.165, 1.54) is 0 Å². The van der Waals surface area contributed by atoms with Gasteiger partial charge in [-0.3, -0.25) is 0 Å². The number of aromatic nitrogens is 2. The number of nitrogen functional groups attached to an aromatic ring is 1. The number of nitrogens with zero attached hydrogens (tertiary/aromatic N) is 4. The minimum absolute atomic E-state index is 0.108. The van der Waals surface area contributed by atoms with E-state index in [0.29, 0.717) is 12.0 Å². The van der Waals surface area contributed by atoms with Crippen LogP contribution in [0.25, 0.3) is 0 Å². The summed E-state index contributed by atoms with van der Waals surface area (Å²) in [5.74, 6) is 1.13. The van der Waals surface area contributed by atoms with E-state index in [-0.39, 0.29) is 17.6 Å². The van der Waals surface area contributed by atoms with Gasteiger partial charge < -0.3 is 15.5 Å². The quantitative estimate of drug-likeness (QED) is 0.924. The number of anilines is 1. The van der Waals surface area contributed by atoms with Crippen molar-refractivity contribution >= 4 is 11.8 Å². The number of hydrogen-bond acceptors (Lipinski definition) is 3. The van der Waals surface area contributed by atoms with Gasteiger partial charge in [-0.05, 0) is 53.9 Å². The monoisotopic (exact) mass is 333 g/mol. The minimum atomic E-state index is -0.108. The van der Waals surface area contributed by atoms with Crippen molar-refractivity contribution in [3.8, 4) is 0 Å². The Hall–Kier alpha value is -1.72. The third-order valence-electron chi connectivity index (χ3n) is 5.35. The highest BCUT2D eigenvalue weighted by Gasteiger charge is 2.39. The van der Waals surface area contributed by atoms with E-state index in [4.69, 9.17) is 10.8 Å². The number of carbonyl (C=O) groups excluding carboxylic acids is 1. The van der Waals surface area contributed by atoms with Crippen LogP contribution in [-0.4, -0.2) is 50.8 Å². The smallest absolute Gasteiger partial charge is 0.320 e. The van der Waals surface area contributed by atoms with Crippen molar-refractivity contribution in [1.82, 2.24) is 19.6 Å². The van der Waals surface area contributed by atoms with Gasteiger partial charge in [-0.25, -0.2) is 9.48 Å². The van der Waals surface area contributed by atoms with E-state index in [1.54, 1.807) is 0 Å². The predicted octanol–water partition coefficient (Wildman–Crippen LogP) is 3.00. The first kappa shape index (κ1) is 17.1. The molecule has 3 rings (SSSR count). The fourth-order valence-electron chi connectivity index (χ4n) is 4.05. The zero-order chi connectivity index (χ0) is 17.6. The van der Waals surface area contributed by atoms with Gasteiger partial charge >= 0.3 is 6.03 Å². The van der Waals surface area contributed by atoms with E-state index >= 15 is 0 Å². The molecule has 2 heterocycles. The van der Waals surface area contributed by atoms with Gasteiger partial charge in [0.15, 0.2) is 0 Å². The van der Waals surface area contributed by atoms with E-state index in [2.05, 4.69) is 39.5 Å². The van der Waals surface area contributed by atoms with Crippen molar-refractivity contribution in [2.24, 2.45) is 0 Å². The van der Waals surface area contributed by atoms with Crippen molar-refractivity contribution < 1.29 is 4.79 Å². The normalized spacial score (nSPS) is 25.3. The molecule has 0 spiro atoms. The van der Waals surface area contributed by atoms with Crippen molar-refractivity contribution in [3.05, 3.63) is 11.8 Å². The maximum absolute atomic E-state index is 12.6. The van der Waals surface area contributed by atoms with Crippen LogP contribution in [-0.2, 0) is 5.54 Å². The number of nitrogens with two attached hydrogens (primary N) is 1. The van der Waals surface area contributed by atoms with Crippen LogP contribution >= 0.6 is 0 Å². The van der Waals surface area contributed by atoms with Gasteiger partial charge in [0, 0.05) is 37.2 Å². The summed E-state index contributed by atoms with van der Waals surface area (Å²) in [7, 11) is 0. The first-order valence-electron chi connectivity index (χ1n) is 9.11. The fraction of sp³-hybridized carbons (Fsp3) is 0.778. The van der Waals surface area contributed by atoms with Gasteiger partial charge in [0.25, 0.3) is 0 Å². The molecule has 2 atom stereocenters. The molecule has 2 fully saturated rings. The van der Waals surface area contributed by atoms with Crippen LogP contribution in [0, 0.1) is 0 Å². The summed E-state index contributed by atoms with van der Waals surface area (Å²) < 4.78 is 1.91. The molecular weight excluding hydrogens is 302 g/mol. The van der Waals surface area contributed by atoms with E-state index in [9.17, 15) is 4.79 Å². The lowest BCUT2D eigenvalue weighted by Crippen LogP contribution is -2.40. The molecule has 0 bridgehead atoms. The second kappa shape index (κ2) is 5.97. The molecule has 2 N–H and O–H groups in total. The molecule has 1 aliphatic carbocycles. The SMILES string of the molecule is CC(C)N1CCN([C@@H]2CC[C@H](c3cc(N)n(C(C)(C)C)n3)C2)C1=O. The van der Waals surface area contributed by atoms with Crippen LogP contribution in [0.3, 0.4) is 0 Å². The zero-order valence-corrected chi connectivity index (χ0v) is 15.6. The van der Waals surface area contributed by atoms with Crippen LogP contribution in [0.2, 0.25) is 0 Å². The van der Waals surface area contributed by atoms with Gasteiger partial charge in [-0.15, -0.1) is 0 Å². The molecule has 134 valence electrons. The van der Waals surface area contributed by atoms with Gasteiger partial charge in [0.1, 0.15) is 5.82 Å². The Morgan fingerprint density at radius 3 is 2.50 bits per heavy atom. The molecule has 1 aromatic rings. The molecule has 1 aromatic heterocycles. The molecule has 1 saturated carbocycles. The Bertz CT molecular complexity index is 615. The highest BCUT2D eigenvalue weighted by molar-refractivity contribution is 5.77. The minimum Gasteiger partial charge on any atom is -0.384 e. The van der Waals surface area contributed by atoms with Crippen molar-refractivity contribution in [2.75, 3.05) is 18.8 Å². The van der Waals surface area contributed by atoms with Crippen molar-refractivity contribution in [1.29, 1.82) is 0 Å². The molecule has 2 aliphatic rings. The highest BCUT2D eigenvalue weighted by Crippen LogP contribution is 2.38. The van der Waals surface area contributed by atoms with Crippen LogP contribution in [0.1, 0.15) is 65.5 Å². The van der Waals surface area contributed by atoms with E-state index in [0.717, 1.165) is 43.9 Å². The Morgan fingerprint density at radius 2 is 1.96 bits per heavy atom. The maximum Gasteiger partial charge on any atom is 0.320 e. The van der Waals surface area contributed by atoms with Crippen molar-refractivity contribution in [2.45, 2.75) is 77.4 Å². The largest absolute Gasteiger partial charge is 0.384 e. The number of rotatable bonds is 3. The van der Waals surface area contributed by atoms with E-state index in [1.807, 2.05) is 15.6 Å². The number of carbonyl (C=O) groups is 1. The zero-order valence-electron chi connectivity index (χ0n) is 15.6. The van der Waals surface area contributed by atoms with Crippen LogP contribution in [0.4, 0.5) is 10.6 Å². The topological polar surface area (TPSA) is 67.4 Å². The average molecular weight is 333 g/mol. The summed E-state index contributed by atoms with van der Waals surface area (Å²) in [6.07, 6.45) is 3.14. The van der Waals surface area contributed by atoms with Gasteiger partial charge in [-0.1, -0.05) is 0 Å². The van der Waals surface area contributed by atoms with E-state index < -0.39 is 0 Å². The first-order valence-corrected chi connectivity index (χ1v) is 9.11. The van der Waals surface area contributed by atoms with Crippen LogP contribution < -0.4 is 5.73 Å². The number of hydrogen-bond donors (Lipinski definition) is 1. The summed E-state index contributed by atoms with van der Waals surface area (Å²) >= 11 is 0. The van der Waals surface area contributed by atoms with Gasteiger partial charge in [0.05, 0.1) is 11.2 Å². The summed E-state index contributed by atoms with van der Waals surface area (Å²) in [6.45, 7) is 12.2. The third kappa shape index (κ3) is 2.98. The molecule has 0 aromatic carbocycles. The fourth-order valence-corrected chi connectivity index (χ4v) is 4.05. The highest BCUT2D eigenvalue weighted by atomic mass is 16.2. The molecular formula is C18H31N5O. The lowest BCUT2D eigenvalue weighted by Gasteiger charge is -2.26. The number of urea groups is 1. The molecule has 1 aliphatic heterocycles. The summed E-state index contributed by atoms with van der Waals surface area (Å²) in [5.41, 5.74) is 7.13. The Balaban J connectivity index is 1.69. The molecule has 24 heavy (non-hydrogen) atoms. The average Bonchev–Trinajstić information content (AvgIpc) is 3.14. The van der Waals surface area contributed by atoms with Gasteiger partial charge in [0.2, 0.25) is 0 Å². The molecule has 2 amide bonds. The van der Waals surface area contributed by atoms with Gasteiger partial charge in [-0.2, -0.15) is 5.10 Å². The third-order valence-corrected chi connectivity index (χ3v) is 5.35. The predicted molar refractivity (Wildman–Crippen MR) is 96.0 cm³/mol. The molecule has 6 heteroatoms. The number of amides is 2. The molecule has 6 nitrogen and oxygen atoms in total. The lowest BCUT2D eigenvalue weighted by atomic mass is 10.0.